The van der Waals surface area contributed by atoms with Crippen LogP contribution >= 0.6 is 24.0 Å². The third-order valence-electron chi connectivity index (χ3n) is 5.86. The number of guanidine groups is 1. The molecule has 3 rings (SSSR count). The number of nitrogens with zero attached hydrogens (tertiary/aromatic N) is 4. The van der Waals surface area contributed by atoms with Gasteiger partial charge in [0.2, 0.25) is 5.91 Å². The van der Waals surface area contributed by atoms with Crippen LogP contribution in [0.1, 0.15) is 19.4 Å². The van der Waals surface area contributed by atoms with Crippen LogP contribution in [0.15, 0.2) is 35.3 Å². The third-order valence-corrected chi connectivity index (χ3v) is 5.86. The molecule has 31 heavy (non-hydrogen) atoms. The van der Waals surface area contributed by atoms with Gasteiger partial charge in [-0.3, -0.25) is 14.7 Å². The Morgan fingerprint density at radius 2 is 1.68 bits per heavy atom. The molecule has 174 valence electrons. The fourth-order valence-corrected chi connectivity index (χ4v) is 4.08. The molecule has 0 atom stereocenters. The number of carbonyl (C=O) groups is 1. The van der Waals surface area contributed by atoms with E-state index in [-0.39, 0.29) is 35.3 Å². The third kappa shape index (κ3) is 8.23. The molecule has 1 aromatic rings. The van der Waals surface area contributed by atoms with Crippen molar-refractivity contribution < 1.29 is 9.53 Å². The van der Waals surface area contributed by atoms with Gasteiger partial charge in [0.25, 0.3) is 0 Å². The van der Waals surface area contributed by atoms with Gasteiger partial charge in [0.15, 0.2) is 5.96 Å². The van der Waals surface area contributed by atoms with Crippen LogP contribution in [0.25, 0.3) is 0 Å². The second-order valence-corrected chi connectivity index (χ2v) is 8.98. The number of nitrogens with one attached hydrogen (secondary N) is 1. The van der Waals surface area contributed by atoms with Crippen molar-refractivity contribution in [3.05, 3.63) is 35.9 Å². The van der Waals surface area contributed by atoms with Crippen molar-refractivity contribution in [1.82, 2.24) is 20.0 Å². The molecule has 1 N–H and O–H groups in total. The number of aliphatic imine (C=N–C) groups is 1. The molecule has 0 saturated carbocycles. The molecule has 2 saturated heterocycles. The van der Waals surface area contributed by atoms with Crippen molar-refractivity contribution in [2.24, 2.45) is 10.4 Å². The molecule has 0 aromatic heterocycles. The number of amides is 1. The lowest BCUT2D eigenvalue weighted by Crippen LogP contribution is -2.55. The standard InChI is InChI=1S/C23H37N5O2.HI/c1-23(2,17-20-7-5-4-6-8-20)19-25-22(24-3)28-11-9-26(10-12-28)18-21(29)27-13-15-30-16-14-27;/h4-8H,9-19H2,1-3H3,(H,24,25);1H. The van der Waals surface area contributed by atoms with Gasteiger partial charge >= 0.3 is 0 Å². The second kappa shape index (κ2) is 12.6. The van der Waals surface area contributed by atoms with E-state index in [9.17, 15) is 4.79 Å². The van der Waals surface area contributed by atoms with Crippen LogP contribution in [-0.4, -0.2) is 99.2 Å². The Bertz CT molecular complexity index is 699. The average molecular weight is 543 g/mol. The predicted molar refractivity (Wildman–Crippen MR) is 136 cm³/mol. The summed E-state index contributed by atoms with van der Waals surface area (Å²) in [6.45, 7) is 12.2. The van der Waals surface area contributed by atoms with Crippen molar-refractivity contribution in [2.45, 2.75) is 20.3 Å². The van der Waals surface area contributed by atoms with Crippen molar-refractivity contribution in [3.8, 4) is 0 Å². The van der Waals surface area contributed by atoms with E-state index in [0.717, 1.165) is 45.1 Å². The number of halogens is 1. The van der Waals surface area contributed by atoms with Crippen molar-refractivity contribution in [3.63, 3.8) is 0 Å². The number of hydrogen-bond acceptors (Lipinski definition) is 4. The number of carbonyl (C=O) groups excluding carboxylic acids is 1. The highest BCUT2D eigenvalue weighted by atomic mass is 127. The molecule has 2 aliphatic rings. The van der Waals surface area contributed by atoms with Gasteiger partial charge in [0.05, 0.1) is 19.8 Å². The number of rotatable bonds is 6. The highest BCUT2D eigenvalue weighted by Crippen LogP contribution is 2.21. The Morgan fingerprint density at radius 1 is 1.03 bits per heavy atom. The van der Waals surface area contributed by atoms with E-state index in [4.69, 9.17) is 4.74 Å². The summed E-state index contributed by atoms with van der Waals surface area (Å²) in [6, 6.07) is 10.6. The van der Waals surface area contributed by atoms with Crippen LogP contribution in [0.4, 0.5) is 0 Å². The number of ether oxygens (including phenoxy) is 1. The molecule has 2 fully saturated rings. The van der Waals surface area contributed by atoms with Crippen LogP contribution in [0.2, 0.25) is 0 Å². The fourth-order valence-electron chi connectivity index (χ4n) is 4.08. The molecule has 2 aliphatic heterocycles. The summed E-state index contributed by atoms with van der Waals surface area (Å²) in [6.07, 6.45) is 1.02. The van der Waals surface area contributed by atoms with Gasteiger partial charge in [-0.05, 0) is 17.4 Å². The van der Waals surface area contributed by atoms with Gasteiger partial charge in [-0.25, -0.2) is 0 Å². The topological polar surface area (TPSA) is 60.4 Å². The minimum Gasteiger partial charge on any atom is -0.378 e. The van der Waals surface area contributed by atoms with Gasteiger partial charge in [0.1, 0.15) is 0 Å². The van der Waals surface area contributed by atoms with Gasteiger partial charge in [0, 0.05) is 52.9 Å². The van der Waals surface area contributed by atoms with E-state index in [1.807, 2.05) is 11.9 Å². The normalized spacial score (nSPS) is 18.5. The average Bonchev–Trinajstić information content (AvgIpc) is 2.76. The maximum atomic E-state index is 12.5. The SMILES string of the molecule is CN=C(NCC(C)(C)Cc1ccccc1)N1CCN(CC(=O)N2CCOCC2)CC1.I. The monoisotopic (exact) mass is 543 g/mol. The highest BCUT2D eigenvalue weighted by Gasteiger charge is 2.25. The van der Waals surface area contributed by atoms with Gasteiger partial charge < -0.3 is 19.9 Å². The Labute approximate surface area is 204 Å². The molecule has 8 heteroatoms. The summed E-state index contributed by atoms with van der Waals surface area (Å²) in [7, 11) is 1.85. The van der Waals surface area contributed by atoms with Crippen LogP contribution in [0, 0.1) is 5.41 Å². The number of hydrogen-bond donors (Lipinski definition) is 1. The van der Waals surface area contributed by atoms with E-state index < -0.39 is 0 Å². The minimum atomic E-state index is 0. The van der Waals surface area contributed by atoms with Crippen LogP contribution < -0.4 is 5.32 Å². The Balaban J connectivity index is 0.00000341. The largest absolute Gasteiger partial charge is 0.378 e. The summed E-state index contributed by atoms with van der Waals surface area (Å²) < 4.78 is 5.34. The molecular weight excluding hydrogens is 505 g/mol. The van der Waals surface area contributed by atoms with Crippen LogP contribution in [0.5, 0.6) is 0 Å². The first-order chi connectivity index (χ1) is 14.5. The predicted octanol–water partition coefficient (Wildman–Crippen LogP) is 1.93. The van der Waals surface area contributed by atoms with Crippen molar-refractivity contribution in [2.75, 3.05) is 72.6 Å². The smallest absolute Gasteiger partial charge is 0.236 e. The number of morpholine rings is 1. The number of benzene rings is 1. The summed E-state index contributed by atoms with van der Waals surface area (Å²) in [4.78, 5) is 23.5. The maximum Gasteiger partial charge on any atom is 0.236 e. The van der Waals surface area contributed by atoms with E-state index in [1.165, 1.54) is 5.56 Å². The molecular formula is C23H38IN5O2. The van der Waals surface area contributed by atoms with E-state index in [1.54, 1.807) is 0 Å². The first kappa shape index (κ1) is 25.9. The second-order valence-electron chi connectivity index (χ2n) is 8.98. The van der Waals surface area contributed by atoms with Crippen molar-refractivity contribution in [1.29, 1.82) is 0 Å². The van der Waals surface area contributed by atoms with Gasteiger partial charge in [-0.15, -0.1) is 24.0 Å². The molecule has 0 radical (unpaired) electrons. The van der Waals surface area contributed by atoms with Crippen LogP contribution in [0.3, 0.4) is 0 Å². The zero-order valence-corrected chi connectivity index (χ0v) is 21.5. The maximum absolute atomic E-state index is 12.5. The Hall–Kier alpha value is -1.39. The lowest BCUT2D eigenvalue weighted by Gasteiger charge is -2.38. The van der Waals surface area contributed by atoms with Gasteiger partial charge in [-0.1, -0.05) is 44.2 Å². The molecule has 2 heterocycles. The molecule has 0 spiro atoms. The lowest BCUT2D eigenvalue weighted by atomic mass is 9.86. The van der Waals surface area contributed by atoms with E-state index in [2.05, 4.69) is 64.3 Å². The van der Waals surface area contributed by atoms with Crippen molar-refractivity contribution >= 4 is 35.8 Å². The molecule has 0 aliphatic carbocycles. The first-order valence-electron chi connectivity index (χ1n) is 11.0. The highest BCUT2D eigenvalue weighted by molar-refractivity contribution is 14.0. The minimum absolute atomic E-state index is 0. The number of piperazine rings is 1. The van der Waals surface area contributed by atoms with E-state index >= 15 is 0 Å². The summed E-state index contributed by atoms with van der Waals surface area (Å²) in [5.41, 5.74) is 1.49. The quantitative estimate of drug-likeness (QED) is 0.338. The molecule has 0 unspecified atom stereocenters. The lowest BCUT2D eigenvalue weighted by molar-refractivity contribution is -0.136. The molecule has 7 nitrogen and oxygen atoms in total. The zero-order valence-electron chi connectivity index (χ0n) is 19.2. The Morgan fingerprint density at radius 3 is 2.29 bits per heavy atom. The molecule has 0 bridgehead atoms. The Kier molecular flexibility index (Phi) is 10.5. The molecule has 1 aromatic carbocycles. The first-order valence-corrected chi connectivity index (χ1v) is 11.0. The van der Waals surface area contributed by atoms with E-state index in [0.29, 0.717) is 32.8 Å². The summed E-state index contributed by atoms with van der Waals surface area (Å²) in [5, 5.41) is 3.58. The fraction of sp³-hybridized carbons (Fsp3) is 0.652. The summed E-state index contributed by atoms with van der Waals surface area (Å²) in [5.74, 6) is 1.17. The van der Waals surface area contributed by atoms with Crippen LogP contribution in [-0.2, 0) is 16.0 Å². The van der Waals surface area contributed by atoms with Gasteiger partial charge in [-0.2, -0.15) is 0 Å². The molecule has 1 amide bonds. The zero-order chi connectivity index (χ0) is 21.4. The summed E-state index contributed by atoms with van der Waals surface area (Å²) >= 11 is 0.